The molecular weight excluding hydrogens is 274 g/mol. The van der Waals surface area contributed by atoms with E-state index in [1.54, 1.807) is 19.1 Å². The van der Waals surface area contributed by atoms with Crippen molar-refractivity contribution >= 4 is 11.6 Å². The van der Waals surface area contributed by atoms with Crippen molar-refractivity contribution in [2.75, 3.05) is 6.61 Å². The number of carbonyl (C=O) groups is 1. The maximum absolute atomic E-state index is 11.0. The third-order valence-corrected chi connectivity index (χ3v) is 3.37. The van der Waals surface area contributed by atoms with Crippen LogP contribution in [0.15, 0.2) is 18.2 Å². The summed E-state index contributed by atoms with van der Waals surface area (Å²) >= 11 is 0. The lowest BCUT2D eigenvalue weighted by Gasteiger charge is -2.11. The van der Waals surface area contributed by atoms with Crippen LogP contribution in [0.25, 0.3) is 0 Å². The van der Waals surface area contributed by atoms with Gasteiger partial charge in [0.15, 0.2) is 5.75 Å². The molecular formula is C14H19N3O4. The molecule has 0 radical (unpaired) electrons. The van der Waals surface area contributed by atoms with Crippen LogP contribution in [0.2, 0.25) is 0 Å². The van der Waals surface area contributed by atoms with Gasteiger partial charge in [0.1, 0.15) is 0 Å². The molecule has 1 fully saturated rings. The zero-order chi connectivity index (χ0) is 15.4. The summed E-state index contributed by atoms with van der Waals surface area (Å²) in [5, 5.41) is 14.3. The highest BCUT2D eigenvalue weighted by atomic mass is 16.6. The van der Waals surface area contributed by atoms with E-state index in [9.17, 15) is 14.9 Å². The molecule has 7 heteroatoms. The predicted octanol–water partition coefficient (Wildman–Crippen LogP) is 1.35. The Morgan fingerprint density at radius 2 is 2.29 bits per heavy atom. The Labute approximate surface area is 122 Å². The number of amides is 1. The fraction of sp³-hybridized carbons (Fsp3) is 0.500. The van der Waals surface area contributed by atoms with Gasteiger partial charge >= 0.3 is 5.69 Å². The third-order valence-electron chi connectivity index (χ3n) is 3.37. The highest BCUT2D eigenvalue weighted by molar-refractivity contribution is 5.76. The van der Waals surface area contributed by atoms with Crippen LogP contribution in [0.5, 0.6) is 5.75 Å². The first-order valence-corrected chi connectivity index (χ1v) is 6.90. The molecule has 1 aliphatic carbocycles. The van der Waals surface area contributed by atoms with Crippen molar-refractivity contribution in [1.29, 1.82) is 0 Å². The average Bonchev–Trinajstić information content (AvgIpc) is 3.26. The number of benzene rings is 1. The van der Waals surface area contributed by atoms with Gasteiger partial charge in [0.05, 0.1) is 17.4 Å². The minimum atomic E-state index is -0.502. The summed E-state index contributed by atoms with van der Waals surface area (Å²) < 4.78 is 5.41. The Hall–Kier alpha value is -2.15. The van der Waals surface area contributed by atoms with Gasteiger partial charge in [0, 0.05) is 18.7 Å². The first kappa shape index (κ1) is 15.2. The van der Waals surface area contributed by atoms with Gasteiger partial charge in [-0.1, -0.05) is 13.0 Å². The predicted molar refractivity (Wildman–Crippen MR) is 76.8 cm³/mol. The maximum Gasteiger partial charge on any atom is 0.310 e. The first-order chi connectivity index (χ1) is 9.97. The molecule has 1 aromatic rings. The van der Waals surface area contributed by atoms with Gasteiger partial charge in [-0.05, 0) is 24.5 Å². The van der Waals surface area contributed by atoms with Gasteiger partial charge in [-0.15, -0.1) is 0 Å². The Morgan fingerprint density at radius 1 is 1.57 bits per heavy atom. The number of nitrogens with one attached hydrogen (secondary N) is 1. The van der Waals surface area contributed by atoms with E-state index in [-0.39, 0.29) is 18.0 Å². The number of nitrogens with zero attached hydrogens (tertiary/aromatic N) is 1. The molecule has 1 aromatic carbocycles. The second-order valence-corrected chi connectivity index (χ2v) is 5.33. The van der Waals surface area contributed by atoms with Crippen molar-refractivity contribution in [2.24, 2.45) is 11.7 Å². The van der Waals surface area contributed by atoms with E-state index in [4.69, 9.17) is 10.5 Å². The van der Waals surface area contributed by atoms with Gasteiger partial charge in [-0.3, -0.25) is 14.9 Å². The standard InChI is InChI=1S/C14H19N3O4/c1-9(14(15)18)8-21-13-6-10(7-16-11-3-4-11)2-5-12(13)17(19)20/h2,5-6,9,11,16H,3-4,7-8H2,1H3,(H2,15,18). The Kier molecular flexibility index (Phi) is 4.74. The van der Waals surface area contributed by atoms with E-state index in [2.05, 4.69) is 5.32 Å². The molecule has 1 saturated carbocycles. The first-order valence-electron chi connectivity index (χ1n) is 6.90. The van der Waals surface area contributed by atoms with Crippen LogP contribution in [-0.2, 0) is 11.3 Å². The second-order valence-electron chi connectivity index (χ2n) is 5.33. The summed E-state index contributed by atoms with van der Waals surface area (Å²) in [6.45, 7) is 2.28. The van der Waals surface area contributed by atoms with Crippen LogP contribution in [-0.4, -0.2) is 23.5 Å². The number of hydrogen-bond acceptors (Lipinski definition) is 5. The van der Waals surface area contributed by atoms with E-state index in [0.717, 1.165) is 5.56 Å². The van der Waals surface area contributed by atoms with Crippen LogP contribution in [0.3, 0.4) is 0 Å². The molecule has 3 N–H and O–H groups in total. The summed E-state index contributed by atoms with van der Waals surface area (Å²) in [5.41, 5.74) is 5.95. The lowest BCUT2D eigenvalue weighted by molar-refractivity contribution is -0.385. The van der Waals surface area contributed by atoms with Crippen molar-refractivity contribution in [2.45, 2.75) is 32.4 Å². The fourth-order valence-corrected chi connectivity index (χ4v) is 1.78. The molecule has 1 unspecified atom stereocenters. The Morgan fingerprint density at radius 3 is 2.86 bits per heavy atom. The molecule has 2 rings (SSSR count). The maximum atomic E-state index is 11.0. The fourth-order valence-electron chi connectivity index (χ4n) is 1.78. The summed E-state index contributed by atoms with van der Waals surface area (Å²) in [5.74, 6) is -0.828. The van der Waals surface area contributed by atoms with Crippen LogP contribution < -0.4 is 15.8 Å². The molecule has 114 valence electrons. The summed E-state index contributed by atoms with van der Waals surface area (Å²) in [7, 11) is 0. The van der Waals surface area contributed by atoms with Gasteiger partial charge in [0.25, 0.3) is 0 Å². The molecule has 0 aromatic heterocycles. The molecule has 1 aliphatic rings. The summed E-state index contributed by atoms with van der Waals surface area (Å²) in [6.07, 6.45) is 2.35. The Bertz CT molecular complexity index is 543. The number of nitro benzene ring substituents is 1. The molecule has 0 bridgehead atoms. The number of ether oxygens (including phenoxy) is 1. The van der Waals surface area contributed by atoms with E-state index >= 15 is 0 Å². The highest BCUT2D eigenvalue weighted by Crippen LogP contribution is 2.29. The number of hydrogen-bond donors (Lipinski definition) is 2. The van der Waals surface area contributed by atoms with E-state index in [1.165, 1.54) is 18.9 Å². The van der Waals surface area contributed by atoms with Gasteiger partial charge < -0.3 is 15.8 Å². The third kappa shape index (κ3) is 4.42. The molecule has 0 saturated heterocycles. The molecule has 1 amide bonds. The van der Waals surface area contributed by atoms with Crippen LogP contribution in [0.4, 0.5) is 5.69 Å². The largest absolute Gasteiger partial charge is 0.486 e. The highest BCUT2D eigenvalue weighted by Gasteiger charge is 2.21. The smallest absolute Gasteiger partial charge is 0.310 e. The number of nitrogens with two attached hydrogens (primary N) is 1. The van der Waals surface area contributed by atoms with Crippen molar-refractivity contribution < 1.29 is 14.5 Å². The molecule has 1 atom stereocenters. The number of carbonyl (C=O) groups excluding carboxylic acids is 1. The molecule has 0 aliphatic heterocycles. The van der Waals surface area contributed by atoms with Crippen LogP contribution >= 0.6 is 0 Å². The molecule has 7 nitrogen and oxygen atoms in total. The number of nitro groups is 1. The van der Waals surface area contributed by atoms with E-state index < -0.39 is 16.7 Å². The lowest BCUT2D eigenvalue weighted by Crippen LogP contribution is -2.26. The van der Waals surface area contributed by atoms with Gasteiger partial charge in [0.2, 0.25) is 5.91 Å². The SMILES string of the molecule is CC(COc1cc(CNC2CC2)ccc1[N+](=O)[O-])C(N)=O. The summed E-state index contributed by atoms with van der Waals surface area (Å²) in [4.78, 5) is 21.5. The minimum Gasteiger partial charge on any atom is -0.486 e. The zero-order valence-corrected chi connectivity index (χ0v) is 11.9. The topological polar surface area (TPSA) is 107 Å². The van der Waals surface area contributed by atoms with E-state index in [1.807, 2.05) is 0 Å². The molecule has 0 heterocycles. The van der Waals surface area contributed by atoms with E-state index in [0.29, 0.717) is 12.6 Å². The lowest BCUT2D eigenvalue weighted by atomic mass is 10.1. The number of rotatable bonds is 8. The molecule has 0 spiro atoms. The van der Waals surface area contributed by atoms with Gasteiger partial charge in [-0.25, -0.2) is 0 Å². The summed E-state index contributed by atoms with van der Waals surface area (Å²) in [6, 6.07) is 5.33. The Balaban J connectivity index is 2.07. The normalized spacial score (nSPS) is 15.5. The van der Waals surface area contributed by atoms with Crippen molar-refractivity contribution in [3.8, 4) is 5.75 Å². The van der Waals surface area contributed by atoms with Crippen LogP contribution in [0, 0.1) is 16.0 Å². The van der Waals surface area contributed by atoms with Crippen molar-refractivity contribution in [3.05, 3.63) is 33.9 Å². The van der Waals surface area contributed by atoms with Crippen molar-refractivity contribution in [1.82, 2.24) is 5.32 Å². The molecule has 21 heavy (non-hydrogen) atoms. The quantitative estimate of drug-likeness (QED) is 0.555. The monoisotopic (exact) mass is 293 g/mol. The van der Waals surface area contributed by atoms with Crippen LogP contribution in [0.1, 0.15) is 25.3 Å². The average molecular weight is 293 g/mol. The zero-order valence-electron chi connectivity index (χ0n) is 11.9. The minimum absolute atomic E-state index is 0.0235. The van der Waals surface area contributed by atoms with Gasteiger partial charge in [-0.2, -0.15) is 0 Å². The number of primary amides is 1. The second kappa shape index (κ2) is 6.53. The van der Waals surface area contributed by atoms with Crippen molar-refractivity contribution in [3.63, 3.8) is 0 Å².